The Morgan fingerprint density at radius 2 is 1.62 bits per heavy atom. The van der Waals surface area contributed by atoms with E-state index in [4.69, 9.17) is 4.74 Å². The van der Waals surface area contributed by atoms with Crippen LogP contribution in [0.3, 0.4) is 0 Å². The summed E-state index contributed by atoms with van der Waals surface area (Å²) in [5.41, 5.74) is 4.31. The Bertz CT molecular complexity index is 1070. The summed E-state index contributed by atoms with van der Waals surface area (Å²) in [6.07, 6.45) is 1.91. The van der Waals surface area contributed by atoms with Gasteiger partial charge in [0.1, 0.15) is 11.4 Å². The highest BCUT2D eigenvalue weighted by molar-refractivity contribution is 6.45. The lowest BCUT2D eigenvalue weighted by Gasteiger charge is -2.36. The van der Waals surface area contributed by atoms with Crippen LogP contribution in [-0.4, -0.2) is 62.0 Å². The number of hydrogen-bond donors (Lipinski definition) is 0. The van der Waals surface area contributed by atoms with Crippen molar-refractivity contribution in [2.75, 3.05) is 39.2 Å². The van der Waals surface area contributed by atoms with Gasteiger partial charge in [0.25, 0.3) is 11.8 Å². The average molecular weight is 434 g/mol. The number of imide groups is 1. The molecule has 2 heterocycles. The molecule has 0 N–H and O–H groups in total. The van der Waals surface area contributed by atoms with Gasteiger partial charge >= 0.3 is 0 Å². The molecule has 1 saturated heterocycles. The molecule has 0 saturated carbocycles. The van der Waals surface area contributed by atoms with Crippen LogP contribution in [0.1, 0.15) is 29.5 Å². The number of nitrogens with zero attached hydrogens (tertiary/aromatic N) is 3. The van der Waals surface area contributed by atoms with Gasteiger partial charge in [-0.15, -0.1) is 0 Å². The monoisotopic (exact) mass is 433 g/mol. The lowest BCUT2D eigenvalue weighted by atomic mass is 10.00. The fraction of sp³-hybridized carbons (Fsp3) is 0.385. The number of methoxy groups -OCH3 is 1. The smallest absolute Gasteiger partial charge is 0.282 e. The number of ether oxygens (including phenoxy) is 1. The Morgan fingerprint density at radius 1 is 0.969 bits per heavy atom. The number of amides is 2. The van der Waals surface area contributed by atoms with Crippen molar-refractivity contribution in [1.82, 2.24) is 9.80 Å². The standard InChI is InChI=1S/C26H31N3O3/c1-17-6-11-22(18(2)16-17)29-25(30)23(19-7-9-21(32-5)10-8-19)24(26(29)31)28(4)20-12-14-27(3)15-13-20/h6-11,16,20H,12-15H2,1-5H3. The van der Waals surface area contributed by atoms with Gasteiger partial charge in [-0.05, 0) is 76.2 Å². The Balaban J connectivity index is 1.80. The van der Waals surface area contributed by atoms with Gasteiger partial charge in [-0.25, -0.2) is 4.90 Å². The molecule has 4 rings (SSSR count). The SMILES string of the molecule is COc1ccc(C2=C(N(C)C3CCN(C)CC3)C(=O)N(c3ccc(C)cc3C)C2=O)cc1. The molecule has 6 nitrogen and oxygen atoms in total. The third-order valence-corrected chi connectivity index (χ3v) is 6.62. The highest BCUT2D eigenvalue weighted by Crippen LogP contribution is 2.37. The number of carbonyl (C=O) groups excluding carboxylic acids is 2. The zero-order valence-corrected chi connectivity index (χ0v) is 19.5. The molecule has 0 radical (unpaired) electrons. The third kappa shape index (κ3) is 3.91. The summed E-state index contributed by atoms with van der Waals surface area (Å²) < 4.78 is 5.28. The van der Waals surface area contributed by atoms with Gasteiger partial charge in [0.2, 0.25) is 0 Å². The second-order valence-corrected chi connectivity index (χ2v) is 8.83. The number of likely N-dealkylation sites (tertiary alicyclic amines) is 1. The third-order valence-electron chi connectivity index (χ3n) is 6.62. The van der Waals surface area contributed by atoms with Gasteiger partial charge in [0.15, 0.2) is 0 Å². The molecule has 2 amide bonds. The number of likely N-dealkylation sites (N-methyl/N-ethyl adjacent to an activating group) is 1. The van der Waals surface area contributed by atoms with Crippen LogP contribution in [0.5, 0.6) is 5.75 Å². The van der Waals surface area contributed by atoms with Crippen molar-refractivity contribution in [3.63, 3.8) is 0 Å². The molecular formula is C26H31N3O3. The number of benzene rings is 2. The van der Waals surface area contributed by atoms with Crippen molar-refractivity contribution in [2.24, 2.45) is 0 Å². The lowest BCUT2D eigenvalue weighted by molar-refractivity contribution is -0.120. The summed E-state index contributed by atoms with van der Waals surface area (Å²) in [5, 5.41) is 0. The highest BCUT2D eigenvalue weighted by atomic mass is 16.5. The molecule has 2 aromatic carbocycles. The Kier molecular flexibility index (Phi) is 6.07. The first-order valence-electron chi connectivity index (χ1n) is 11.1. The van der Waals surface area contributed by atoms with Gasteiger partial charge in [-0.3, -0.25) is 9.59 Å². The minimum atomic E-state index is -0.276. The van der Waals surface area contributed by atoms with Crippen LogP contribution in [0.4, 0.5) is 5.69 Å². The van der Waals surface area contributed by atoms with Gasteiger partial charge in [0.05, 0.1) is 18.4 Å². The summed E-state index contributed by atoms with van der Waals surface area (Å²) >= 11 is 0. The van der Waals surface area contributed by atoms with E-state index in [1.54, 1.807) is 7.11 Å². The van der Waals surface area contributed by atoms with E-state index in [1.807, 2.05) is 68.3 Å². The largest absolute Gasteiger partial charge is 0.497 e. The number of anilines is 1. The predicted molar refractivity (Wildman–Crippen MR) is 127 cm³/mol. The maximum absolute atomic E-state index is 13.8. The molecule has 2 aromatic rings. The molecule has 6 heteroatoms. The van der Waals surface area contributed by atoms with E-state index in [2.05, 4.69) is 11.9 Å². The Labute approximate surface area is 190 Å². The van der Waals surface area contributed by atoms with E-state index < -0.39 is 0 Å². The summed E-state index contributed by atoms with van der Waals surface area (Å²) in [5.74, 6) is 0.179. The molecule has 0 atom stereocenters. The molecule has 1 fully saturated rings. The lowest BCUT2D eigenvalue weighted by Crippen LogP contribution is -2.43. The summed E-state index contributed by atoms with van der Waals surface area (Å²) in [4.78, 5) is 33.2. The van der Waals surface area contributed by atoms with E-state index in [0.29, 0.717) is 22.7 Å². The van der Waals surface area contributed by atoms with Crippen molar-refractivity contribution in [1.29, 1.82) is 0 Å². The molecule has 168 valence electrons. The quantitative estimate of drug-likeness (QED) is 0.674. The van der Waals surface area contributed by atoms with Crippen molar-refractivity contribution in [3.8, 4) is 5.75 Å². The predicted octanol–water partition coefficient (Wildman–Crippen LogP) is 3.62. The number of piperidine rings is 1. The second-order valence-electron chi connectivity index (χ2n) is 8.83. The molecule has 2 aliphatic heterocycles. The molecule has 0 aromatic heterocycles. The summed E-state index contributed by atoms with van der Waals surface area (Å²) in [6.45, 7) is 5.89. The van der Waals surface area contributed by atoms with Crippen LogP contribution in [-0.2, 0) is 9.59 Å². The first kappa shape index (κ1) is 22.1. The molecule has 2 aliphatic rings. The maximum Gasteiger partial charge on any atom is 0.282 e. The van der Waals surface area contributed by atoms with E-state index in [1.165, 1.54) is 4.90 Å². The number of carbonyl (C=O) groups is 2. The first-order valence-corrected chi connectivity index (χ1v) is 11.1. The van der Waals surface area contributed by atoms with Crippen LogP contribution in [0.25, 0.3) is 5.57 Å². The van der Waals surface area contributed by atoms with Crippen molar-refractivity contribution < 1.29 is 14.3 Å². The van der Waals surface area contributed by atoms with Crippen molar-refractivity contribution in [3.05, 3.63) is 64.9 Å². The summed E-state index contributed by atoms with van der Waals surface area (Å²) in [7, 11) is 5.68. The van der Waals surface area contributed by atoms with Gasteiger partial charge in [-0.2, -0.15) is 0 Å². The highest BCUT2D eigenvalue weighted by Gasteiger charge is 2.43. The van der Waals surface area contributed by atoms with E-state index >= 15 is 0 Å². The van der Waals surface area contributed by atoms with Crippen molar-refractivity contribution in [2.45, 2.75) is 32.7 Å². The van der Waals surface area contributed by atoms with Gasteiger partial charge in [-0.1, -0.05) is 29.8 Å². The topological polar surface area (TPSA) is 53.1 Å². The zero-order chi connectivity index (χ0) is 23.0. The van der Waals surface area contributed by atoms with Crippen LogP contribution in [0.2, 0.25) is 0 Å². The molecule has 0 unspecified atom stereocenters. The fourth-order valence-corrected chi connectivity index (χ4v) is 4.70. The Hall–Kier alpha value is -3.12. The van der Waals surface area contributed by atoms with E-state index in [-0.39, 0.29) is 17.9 Å². The molecule has 0 spiro atoms. The summed E-state index contributed by atoms with van der Waals surface area (Å²) in [6, 6.07) is 13.4. The normalized spacial score (nSPS) is 18.0. The first-order chi connectivity index (χ1) is 15.3. The molecule has 0 aliphatic carbocycles. The number of rotatable bonds is 5. The molecule has 32 heavy (non-hydrogen) atoms. The van der Waals surface area contributed by atoms with E-state index in [9.17, 15) is 9.59 Å². The number of aryl methyl sites for hydroxylation is 2. The molecule has 0 bridgehead atoms. The average Bonchev–Trinajstić information content (AvgIpc) is 3.04. The van der Waals surface area contributed by atoms with Crippen LogP contribution < -0.4 is 9.64 Å². The van der Waals surface area contributed by atoms with Crippen LogP contribution in [0, 0.1) is 13.8 Å². The molecular weight excluding hydrogens is 402 g/mol. The van der Waals surface area contributed by atoms with Crippen LogP contribution in [0.15, 0.2) is 48.2 Å². The number of hydrogen-bond acceptors (Lipinski definition) is 5. The van der Waals surface area contributed by atoms with Gasteiger partial charge in [0, 0.05) is 13.1 Å². The minimum absolute atomic E-state index is 0.213. The zero-order valence-electron chi connectivity index (χ0n) is 19.5. The van der Waals surface area contributed by atoms with Crippen molar-refractivity contribution >= 4 is 23.1 Å². The second kappa shape index (κ2) is 8.79. The van der Waals surface area contributed by atoms with Crippen LogP contribution >= 0.6 is 0 Å². The maximum atomic E-state index is 13.8. The van der Waals surface area contributed by atoms with E-state index in [0.717, 1.165) is 42.6 Å². The van der Waals surface area contributed by atoms with Gasteiger partial charge < -0.3 is 14.5 Å². The minimum Gasteiger partial charge on any atom is -0.497 e. The fourth-order valence-electron chi connectivity index (χ4n) is 4.70. The Morgan fingerprint density at radius 3 is 2.22 bits per heavy atom.